The Morgan fingerprint density at radius 2 is 1.70 bits per heavy atom. The minimum atomic E-state index is -0.859. The van der Waals surface area contributed by atoms with E-state index in [0.29, 0.717) is 25.7 Å². The standard InChI is InChI=1S/C14H22N2O4/c15-11-6-5-8(7-10(11)14(19)20)16-12-4-2-1-3-9(12)13(17)18/h1-2,8-12,16H,3-7,15H2,(H,17,18)(H,19,20)/t8?,9-,10?,11?,12+/m0/s1. The largest absolute Gasteiger partial charge is 0.481 e. The summed E-state index contributed by atoms with van der Waals surface area (Å²) in [5.74, 6) is -2.63. The molecule has 5 N–H and O–H groups in total. The number of allylic oxidation sites excluding steroid dienone is 1. The molecule has 0 heterocycles. The summed E-state index contributed by atoms with van der Waals surface area (Å²) in [6, 6.07) is -0.382. The Bertz CT molecular complexity index is 410. The fourth-order valence-electron chi connectivity index (χ4n) is 3.20. The first-order chi connectivity index (χ1) is 9.49. The summed E-state index contributed by atoms with van der Waals surface area (Å²) in [5.41, 5.74) is 5.84. The number of nitrogens with two attached hydrogens (primary N) is 1. The smallest absolute Gasteiger partial charge is 0.308 e. The van der Waals surface area contributed by atoms with Crippen molar-refractivity contribution in [2.24, 2.45) is 17.6 Å². The SMILES string of the molecule is NC1CCC(N[C@@H]2CC=CC[C@@H]2C(=O)O)CC1C(=O)O. The summed E-state index contributed by atoms with van der Waals surface area (Å²) in [5, 5.41) is 21.7. The van der Waals surface area contributed by atoms with Gasteiger partial charge < -0.3 is 21.3 Å². The number of hydrogen-bond acceptors (Lipinski definition) is 4. The molecule has 0 saturated heterocycles. The lowest BCUT2D eigenvalue weighted by atomic mass is 9.80. The number of aliphatic carboxylic acids is 2. The van der Waals surface area contributed by atoms with Crippen LogP contribution in [0.1, 0.15) is 32.1 Å². The van der Waals surface area contributed by atoms with Gasteiger partial charge in [-0.05, 0) is 32.1 Å². The van der Waals surface area contributed by atoms with Gasteiger partial charge >= 0.3 is 11.9 Å². The van der Waals surface area contributed by atoms with Crippen LogP contribution in [0.4, 0.5) is 0 Å². The van der Waals surface area contributed by atoms with Gasteiger partial charge in [-0.15, -0.1) is 0 Å². The summed E-state index contributed by atoms with van der Waals surface area (Å²) in [6.45, 7) is 0. The van der Waals surface area contributed by atoms with E-state index in [1.807, 2.05) is 12.2 Å². The van der Waals surface area contributed by atoms with Crippen molar-refractivity contribution in [2.75, 3.05) is 0 Å². The molecule has 0 aromatic rings. The third-order valence-corrected chi connectivity index (χ3v) is 4.42. The Balaban J connectivity index is 1.97. The van der Waals surface area contributed by atoms with Crippen molar-refractivity contribution in [3.05, 3.63) is 12.2 Å². The van der Waals surface area contributed by atoms with Gasteiger partial charge in [0.15, 0.2) is 0 Å². The molecule has 112 valence electrons. The van der Waals surface area contributed by atoms with Crippen LogP contribution in [0, 0.1) is 11.8 Å². The van der Waals surface area contributed by atoms with Gasteiger partial charge in [0.2, 0.25) is 0 Å². The predicted octanol–water partition coefficient (Wildman–Crippen LogP) is 0.576. The second-order valence-electron chi connectivity index (χ2n) is 5.78. The van der Waals surface area contributed by atoms with E-state index in [2.05, 4.69) is 5.32 Å². The molecular formula is C14H22N2O4. The lowest BCUT2D eigenvalue weighted by Gasteiger charge is -2.36. The topological polar surface area (TPSA) is 113 Å². The van der Waals surface area contributed by atoms with Crippen molar-refractivity contribution in [3.63, 3.8) is 0 Å². The van der Waals surface area contributed by atoms with E-state index < -0.39 is 23.8 Å². The number of rotatable bonds is 4. The summed E-state index contributed by atoms with van der Waals surface area (Å²) in [4.78, 5) is 22.4. The number of hydrogen-bond donors (Lipinski definition) is 4. The lowest BCUT2D eigenvalue weighted by Crippen LogP contribution is -2.51. The third kappa shape index (κ3) is 3.37. The van der Waals surface area contributed by atoms with Crippen molar-refractivity contribution in [1.29, 1.82) is 0 Å². The van der Waals surface area contributed by atoms with Crippen molar-refractivity contribution >= 4 is 11.9 Å². The van der Waals surface area contributed by atoms with Crippen molar-refractivity contribution in [1.82, 2.24) is 5.32 Å². The Kier molecular flexibility index (Phi) is 4.77. The molecule has 20 heavy (non-hydrogen) atoms. The van der Waals surface area contributed by atoms with E-state index in [9.17, 15) is 14.7 Å². The molecule has 0 aromatic carbocycles. The molecule has 1 saturated carbocycles. The molecule has 6 heteroatoms. The van der Waals surface area contributed by atoms with Crippen molar-refractivity contribution < 1.29 is 19.8 Å². The van der Waals surface area contributed by atoms with Crippen LogP contribution in [0.25, 0.3) is 0 Å². The van der Waals surface area contributed by atoms with E-state index in [4.69, 9.17) is 10.8 Å². The lowest BCUT2D eigenvalue weighted by molar-refractivity contribution is -0.145. The van der Waals surface area contributed by atoms with Gasteiger partial charge in [0.1, 0.15) is 0 Å². The number of nitrogens with one attached hydrogen (secondary N) is 1. The van der Waals surface area contributed by atoms with Crippen LogP contribution in [0.2, 0.25) is 0 Å². The van der Waals surface area contributed by atoms with Gasteiger partial charge in [0.25, 0.3) is 0 Å². The van der Waals surface area contributed by atoms with Gasteiger partial charge in [-0.1, -0.05) is 12.2 Å². The fourth-order valence-corrected chi connectivity index (χ4v) is 3.20. The maximum Gasteiger partial charge on any atom is 0.308 e. The molecule has 2 aliphatic rings. The van der Waals surface area contributed by atoms with Gasteiger partial charge in [-0.2, -0.15) is 0 Å². The van der Waals surface area contributed by atoms with Gasteiger partial charge in [-0.25, -0.2) is 0 Å². The van der Waals surface area contributed by atoms with E-state index in [0.717, 1.165) is 6.42 Å². The zero-order chi connectivity index (χ0) is 14.7. The average molecular weight is 282 g/mol. The first kappa shape index (κ1) is 15.0. The molecule has 2 aliphatic carbocycles. The Morgan fingerprint density at radius 3 is 2.35 bits per heavy atom. The van der Waals surface area contributed by atoms with Gasteiger partial charge in [0, 0.05) is 18.1 Å². The number of carboxylic acids is 2. The van der Waals surface area contributed by atoms with E-state index in [-0.39, 0.29) is 18.1 Å². The first-order valence-corrected chi connectivity index (χ1v) is 7.11. The quantitative estimate of drug-likeness (QED) is 0.561. The maximum atomic E-state index is 11.2. The Labute approximate surface area is 118 Å². The van der Waals surface area contributed by atoms with Crippen LogP contribution < -0.4 is 11.1 Å². The molecular weight excluding hydrogens is 260 g/mol. The zero-order valence-electron chi connectivity index (χ0n) is 11.4. The zero-order valence-corrected chi connectivity index (χ0v) is 11.4. The van der Waals surface area contributed by atoms with Crippen molar-refractivity contribution in [2.45, 2.75) is 50.2 Å². The molecule has 0 spiro atoms. The second kappa shape index (κ2) is 6.37. The first-order valence-electron chi connectivity index (χ1n) is 7.11. The molecule has 0 bridgehead atoms. The molecule has 0 aromatic heterocycles. The molecule has 6 nitrogen and oxygen atoms in total. The molecule has 2 rings (SSSR count). The monoisotopic (exact) mass is 282 g/mol. The van der Waals surface area contributed by atoms with E-state index in [1.165, 1.54) is 0 Å². The van der Waals surface area contributed by atoms with Crippen molar-refractivity contribution in [3.8, 4) is 0 Å². The summed E-state index contributed by atoms with van der Waals surface area (Å²) in [7, 11) is 0. The van der Waals surface area contributed by atoms with Crippen LogP contribution in [-0.4, -0.2) is 40.3 Å². The van der Waals surface area contributed by atoms with Crippen LogP contribution in [0.5, 0.6) is 0 Å². The third-order valence-electron chi connectivity index (χ3n) is 4.42. The predicted molar refractivity (Wildman–Crippen MR) is 73.2 cm³/mol. The number of carboxylic acid groups (broad SMARTS) is 2. The van der Waals surface area contributed by atoms with Crippen LogP contribution in [0.15, 0.2) is 12.2 Å². The van der Waals surface area contributed by atoms with Crippen LogP contribution >= 0.6 is 0 Å². The van der Waals surface area contributed by atoms with E-state index in [1.54, 1.807) is 0 Å². The highest BCUT2D eigenvalue weighted by Crippen LogP contribution is 2.27. The Hall–Kier alpha value is -1.40. The molecule has 5 atom stereocenters. The molecule has 0 radical (unpaired) electrons. The highest BCUT2D eigenvalue weighted by Gasteiger charge is 2.36. The van der Waals surface area contributed by atoms with E-state index >= 15 is 0 Å². The molecule has 3 unspecified atom stereocenters. The average Bonchev–Trinajstić information content (AvgIpc) is 2.41. The minimum absolute atomic E-state index is 0.0363. The van der Waals surface area contributed by atoms with Crippen LogP contribution in [0.3, 0.4) is 0 Å². The molecule has 1 fully saturated rings. The molecule has 0 amide bonds. The van der Waals surface area contributed by atoms with Gasteiger partial charge in [0.05, 0.1) is 11.8 Å². The number of carbonyl (C=O) groups is 2. The maximum absolute atomic E-state index is 11.2. The summed E-state index contributed by atoms with van der Waals surface area (Å²) in [6.07, 6.45) is 7.03. The fraction of sp³-hybridized carbons (Fsp3) is 0.714. The van der Waals surface area contributed by atoms with Gasteiger partial charge in [-0.3, -0.25) is 9.59 Å². The second-order valence-corrected chi connectivity index (χ2v) is 5.78. The minimum Gasteiger partial charge on any atom is -0.481 e. The molecule has 0 aliphatic heterocycles. The highest BCUT2D eigenvalue weighted by molar-refractivity contribution is 5.72. The summed E-state index contributed by atoms with van der Waals surface area (Å²) >= 11 is 0. The normalized spacial score (nSPS) is 37.5. The highest BCUT2D eigenvalue weighted by atomic mass is 16.4. The van der Waals surface area contributed by atoms with Crippen LogP contribution in [-0.2, 0) is 9.59 Å². The summed E-state index contributed by atoms with van der Waals surface area (Å²) < 4.78 is 0. The Morgan fingerprint density at radius 1 is 1.05 bits per heavy atom.